The van der Waals surface area contributed by atoms with E-state index in [0.717, 1.165) is 26.2 Å². The van der Waals surface area contributed by atoms with Crippen molar-refractivity contribution < 1.29 is 9.53 Å². The Labute approximate surface area is 145 Å². The van der Waals surface area contributed by atoms with Crippen LogP contribution < -0.4 is 10.5 Å². The summed E-state index contributed by atoms with van der Waals surface area (Å²) in [5, 5.41) is 0. The highest BCUT2D eigenvalue weighted by Crippen LogP contribution is 2.15. The molecule has 5 heteroatoms. The van der Waals surface area contributed by atoms with Crippen LogP contribution >= 0.6 is 0 Å². The van der Waals surface area contributed by atoms with E-state index in [1.54, 1.807) is 0 Å². The number of primary amides is 1. The summed E-state index contributed by atoms with van der Waals surface area (Å²) in [6.45, 7) is 8.78. The summed E-state index contributed by atoms with van der Waals surface area (Å²) in [4.78, 5) is 15.9. The Kier molecular flexibility index (Phi) is 8.05. The van der Waals surface area contributed by atoms with Crippen LogP contribution in [0.2, 0.25) is 0 Å². The van der Waals surface area contributed by atoms with Gasteiger partial charge in [-0.3, -0.25) is 9.69 Å². The number of likely N-dealkylation sites (N-methyl/N-ethyl adjacent to an activating group) is 1. The highest BCUT2D eigenvalue weighted by Gasteiger charge is 2.11. The minimum atomic E-state index is -0.451. The Morgan fingerprint density at radius 3 is 2.67 bits per heavy atom. The van der Waals surface area contributed by atoms with E-state index in [-0.39, 0.29) is 6.61 Å². The quantitative estimate of drug-likeness (QED) is 0.753. The molecule has 2 rings (SSSR count). The predicted molar refractivity (Wildman–Crippen MR) is 97.0 cm³/mol. The zero-order valence-corrected chi connectivity index (χ0v) is 14.9. The first-order valence-electron chi connectivity index (χ1n) is 9.12. The number of carbonyl (C=O) groups is 1. The number of likely N-dealkylation sites (tertiary alicyclic amines) is 1. The number of carbonyl (C=O) groups excluding carboxylic acids is 1. The molecule has 0 radical (unpaired) electrons. The molecule has 1 aromatic rings. The molecule has 0 spiro atoms. The van der Waals surface area contributed by atoms with E-state index in [0.29, 0.717) is 5.75 Å². The van der Waals surface area contributed by atoms with Gasteiger partial charge in [-0.25, -0.2) is 0 Å². The lowest BCUT2D eigenvalue weighted by Gasteiger charge is -2.26. The van der Waals surface area contributed by atoms with Crippen molar-refractivity contribution in [2.75, 3.05) is 39.3 Å². The van der Waals surface area contributed by atoms with Gasteiger partial charge >= 0.3 is 0 Å². The molecule has 1 heterocycles. The van der Waals surface area contributed by atoms with E-state index in [1.165, 1.54) is 44.3 Å². The summed E-state index contributed by atoms with van der Waals surface area (Å²) < 4.78 is 5.39. The summed E-state index contributed by atoms with van der Waals surface area (Å²) >= 11 is 0. The summed E-state index contributed by atoms with van der Waals surface area (Å²) in [7, 11) is 0. The van der Waals surface area contributed by atoms with Gasteiger partial charge < -0.3 is 15.4 Å². The average molecular weight is 333 g/mol. The largest absolute Gasteiger partial charge is 0.484 e. The molecule has 0 unspecified atom stereocenters. The zero-order valence-electron chi connectivity index (χ0n) is 14.9. The predicted octanol–water partition coefficient (Wildman–Crippen LogP) is 2.25. The van der Waals surface area contributed by atoms with Crippen LogP contribution in [0.1, 0.15) is 38.2 Å². The number of hydrogen-bond acceptors (Lipinski definition) is 4. The Hall–Kier alpha value is -1.59. The molecule has 2 N–H and O–H groups in total. The van der Waals surface area contributed by atoms with Gasteiger partial charge in [-0.15, -0.1) is 0 Å². The van der Waals surface area contributed by atoms with E-state index < -0.39 is 5.91 Å². The van der Waals surface area contributed by atoms with Crippen LogP contribution in [-0.2, 0) is 11.3 Å². The number of benzene rings is 1. The number of rotatable bonds is 9. The monoisotopic (exact) mass is 333 g/mol. The lowest BCUT2D eigenvalue weighted by atomic mass is 10.2. The fourth-order valence-electron chi connectivity index (χ4n) is 3.14. The Morgan fingerprint density at radius 1 is 1.25 bits per heavy atom. The van der Waals surface area contributed by atoms with Gasteiger partial charge in [0.25, 0.3) is 5.91 Å². The molecule has 1 aliphatic heterocycles. The van der Waals surface area contributed by atoms with E-state index in [4.69, 9.17) is 10.5 Å². The van der Waals surface area contributed by atoms with Crippen molar-refractivity contribution in [2.24, 2.45) is 5.73 Å². The molecule has 24 heavy (non-hydrogen) atoms. The van der Waals surface area contributed by atoms with Crippen LogP contribution in [0.15, 0.2) is 24.3 Å². The third kappa shape index (κ3) is 6.89. The van der Waals surface area contributed by atoms with Crippen molar-refractivity contribution in [3.63, 3.8) is 0 Å². The van der Waals surface area contributed by atoms with Gasteiger partial charge in [0.2, 0.25) is 0 Å². The summed E-state index contributed by atoms with van der Waals surface area (Å²) in [6.07, 6.45) is 5.44. The first-order valence-corrected chi connectivity index (χ1v) is 9.12. The number of nitrogens with two attached hydrogens (primary N) is 1. The molecule has 1 amide bonds. The zero-order chi connectivity index (χ0) is 17.2. The smallest absolute Gasteiger partial charge is 0.255 e. The molecule has 1 aromatic carbocycles. The van der Waals surface area contributed by atoms with Gasteiger partial charge in [0.05, 0.1) is 0 Å². The fourth-order valence-corrected chi connectivity index (χ4v) is 3.14. The summed E-state index contributed by atoms with van der Waals surface area (Å²) in [5.41, 5.74) is 6.33. The Bertz CT molecular complexity index is 499. The number of ether oxygens (including phenoxy) is 1. The third-order valence-electron chi connectivity index (χ3n) is 4.56. The van der Waals surface area contributed by atoms with Crippen molar-refractivity contribution in [1.29, 1.82) is 0 Å². The van der Waals surface area contributed by atoms with E-state index in [1.807, 2.05) is 18.2 Å². The highest BCUT2D eigenvalue weighted by molar-refractivity contribution is 5.75. The van der Waals surface area contributed by atoms with Crippen LogP contribution in [0, 0.1) is 0 Å². The Morgan fingerprint density at radius 2 is 2.00 bits per heavy atom. The minimum absolute atomic E-state index is 0.0735. The highest BCUT2D eigenvalue weighted by atomic mass is 16.5. The minimum Gasteiger partial charge on any atom is -0.484 e. The van der Waals surface area contributed by atoms with Gasteiger partial charge in [0, 0.05) is 19.6 Å². The maximum atomic E-state index is 10.8. The molecule has 0 saturated carbocycles. The molecule has 0 bridgehead atoms. The SMILES string of the molecule is CCN(CCN1CCCCCC1)Cc1cccc(OCC(N)=O)c1. The second-order valence-corrected chi connectivity index (χ2v) is 6.53. The lowest BCUT2D eigenvalue weighted by Crippen LogP contribution is -2.35. The average Bonchev–Trinajstić information content (AvgIpc) is 2.86. The molecule has 0 aromatic heterocycles. The normalized spacial score (nSPS) is 16.1. The van der Waals surface area contributed by atoms with Gasteiger partial charge in [-0.05, 0) is 50.2 Å². The van der Waals surface area contributed by atoms with Gasteiger partial charge in [-0.2, -0.15) is 0 Å². The van der Waals surface area contributed by atoms with Crippen molar-refractivity contribution >= 4 is 5.91 Å². The summed E-state index contributed by atoms with van der Waals surface area (Å²) in [6, 6.07) is 7.93. The van der Waals surface area contributed by atoms with Gasteiger partial charge in [-0.1, -0.05) is 31.9 Å². The van der Waals surface area contributed by atoms with Crippen molar-refractivity contribution in [3.8, 4) is 5.75 Å². The molecule has 1 aliphatic rings. The maximum absolute atomic E-state index is 10.8. The molecular formula is C19H31N3O2. The molecule has 1 fully saturated rings. The molecule has 0 aliphatic carbocycles. The van der Waals surface area contributed by atoms with Crippen molar-refractivity contribution in [2.45, 2.75) is 39.2 Å². The van der Waals surface area contributed by atoms with E-state index in [9.17, 15) is 4.79 Å². The Balaban J connectivity index is 1.82. The van der Waals surface area contributed by atoms with Crippen LogP contribution in [0.4, 0.5) is 0 Å². The summed E-state index contributed by atoms with van der Waals surface area (Å²) in [5.74, 6) is 0.253. The number of nitrogens with zero attached hydrogens (tertiary/aromatic N) is 2. The van der Waals surface area contributed by atoms with Crippen molar-refractivity contribution in [1.82, 2.24) is 9.80 Å². The first kappa shape index (κ1) is 18.7. The van der Waals surface area contributed by atoms with Crippen molar-refractivity contribution in [3.05, 3.63) is 29.8 Å². The van der Waals surface area contributed by atoms with Gasteiger partial charge in [0.1, 0.15) is 5.75 Å². The van der Waals surface area contributed by atoms with Crippen LogP contribution in [0.5, 0.6) is 5.75 Å². The van der Waals surface area contributed by atoms with Gasteiger partial charge in [0.15, 0.2) is 6.61 Å². The number of hydrogen-bond donors (Lipinski definition) is 1. The van der Waals surface area contributed by atoms with E-state index in [2.05, 4.69) is 22.8 Å². The molecule has 5 nitrogen and oxygen atoms in total. The fraction of sp³-hybridized carbons (Fsp3) is 0.632. The standard InChI is InChI=1S/C19H31N3O2/c1-2-21(12-13-22-10-5-3-4-6-11-22)15-17-8-7-9-18(14-17)24-16-19(20)23/h7-9,14H,2-6,10-13,15-16H2,1H3,(H2,20,23). The topological polar surface area (TPSA) is 58.8 Å². The number of amides is 1. The van der Waals surface area contributed by atoms with E-state index >= 15 is 0 Å². The first-order chi connectivity index (χ1) is 11.7. The molecular weight excluding hydrogens is 302 g/mol. The molecule has 1 saturated heterocycles. The molecule has 134 valence electrons. The maximum Gasteiger partial charge on any atom is 0.255 e. The second kappa shape index (κ2) is 10.3. The lowest BCUT2D eigenvalue weighted by molar-refractivity contribution is -0.119. The second-order valence-electron chi connectivity index (χ2n) is 6.53. The van der Waals surface area contributed by atoms with Crippen LogP contribution in [0.3, 0.4) is 0 Å². The molecule has 0 atom stereocenters. The van der Waals surface area contributed by atoms with Crippen LogP contribution in [-0.4, -0.2) is 55.0 Å². The third-order valence-corrected chi connectivity index (χ3v) is 4.56. The van der Waals surface area contributed by atoms with Crippen LogP contribution in [0.25, 0.3) is 0 Å².